The molecule has 1 aliphatic carbocycles. The van der Waals surface area contributed by atoms with Crippen molar-refractivity contribution in [3.63, 3.8) is 0 Å². The number of carbonyl (C=O) groups is 1. The van der Waals surface area contributed by atoms with Gasteiger partial charge in [-0.1, -0.05) is 51.8 Å². The summed E-state index contributed by atoms with van der Waals surface area (Å²) >= 11 is 9.40. The van der Waals surface area contributed by atoms with Crippen molar-refractivity contribution in [2.45, 2.75) is 43.0 Å². The number of amides is 1. The van der Waals surface area contributed by atoms with Crippen LogP contribution in [-0.2, 0) is 5.33 Å². The van der Waals surface area contributed by atoms with Crippen LogP contribution in [0.2, 0.25) is 5.02 Å². The summed E-state index contributed by atoms with van der Waals surface area (Å²) in [5, 5.41) is 1.56. The molecule has 2 aromatic rings. The zero-order valence-corrected chi connectivity index (χ0v) is 16.8. The van der Waals surface area contributed by atoms with Gasteiger partial charge in [-0.15, -0.1) is 0 Å². The molecule has 25 heavy (non-hydrogen) atoms. The van der Waals surface area contributed by atoms with Gasteiger partial charge < -0.3 is 4.90 Å². The lowest BCUT2D eigenvalue weighted by molar-refractivity contribution is 0.0689. The predicted molar refractivity (Wildman–Crippen MR) is 108 cm³/mol. The number of carbonyl (C=O) groups excluding carboxylic acids is 1. The van der Waals surface area contributed by atoms with Gasteiger partial charge in [-0.05, 0) is 67.0 Å². The van der Waals surface area contributed by atoms with Crippen LogP contribution in [0.4, 0.5) is 0 Å². The number of alkyl halides is 1. The SMILES string of the molecule is CN(C(=O)c1ccc(Cl)cc1)[C@H]1CC[C@H](c2ccc(CBr)cc2)CC1. The molecule has 0 aromatic heterocycles. The molecule has 0 N–H and O–H groups in total. The van der Waals surface area contributed by atoms with E-state index in [9.17, 15) is 4.79 Å². The van der Waals surface area contributed by atoms with Crippen LogP contribution in [0.5, 0.6) is 0 Å². The quantitative estimate of drug-likeness (QED) is 0.553. The number of benzene rings is 2. The largest absolute Gasteiger partial charge is 0.339 e. The highest BCUT2D eigenvalue weighted by Crippen LogP contribution is 2.35. The molecular weight excluding hydrogens is 398 g/mol. The maximum absolute atomic E-state index is 12.7. The van der Waals surface area contributed by atoms with Gasteiger partial charge in [0, 0.05) is 29.0 Å². The first-order valence-corrected chi connectivity index (χ1v) is 10.3. The molecule has 3 rings (SSSR count). The summed E-state index contributed by atoms with van der Waals surface area (Å²) in [6, 6.07) is 16.4. The van der Waals surface area contributed by atoms with Crippen molar-refractivity contribution in [1.82, 2.24) is 4.90 Å². The van der Waals surface area contributed by atoms with Gasteiger partial charge >= 0.3 is 0 Å². The summed E-state index contributed by atoms with van der Waals surface area (Å²) in [5.74, 6) is 0.696. The highest BCUT2D eigenvalue weighted by molar-refractivity contribution is 9.08. The molecule has 1 saturated carbocycles. The van der Waals surface area contributed by atoms with Gasteiger partial charge in [0.2, 0.25) is 0 Å². The van der Waals surface area contributed by atoms with Crippen molar-refractivity contribution in [2.75, 3.05) is 7.05 Å². The van der Waals surface area contributed by atoms with E-state index >= 15 is 0 Å². The second-order valence-electron chi connectivity index (χ2n) is 6.80. The fourth-order valence-corrected chi connectivity index (χ4v) is 4.14. The molecule has 0 unspecified atom stereocenters. The minimum Gasteiger partial charge on any atom is -0.339 e. The molecule has 4 heteroatoms. The summed E-state index contributed by atoms with van der Waals surface area (Å²) in [6.45, 7) is 0. The molecule has 132 valence electrons. The van der Waals surface area contributed by atoms with Crippen LogP contribution in [0.1, 0.15) is 53.1 Å². The van der Waals surface area contributed by atoms with Crippen LogP contribution in [0, 0.1) is 0 Å². The van der Waals surface area contributed by atoms with Gasteiger partial charge in [-0.25, -0.2) is 0 Å². The Hall–Kier alpha value is -1.32. The van der Waals surface area contributed by atoms with E-state index in [1.807, 2.05) is 11.9 Å². The molecular formula is C21H23BrClNO. The Morgan fingerprint density at radius 3 is 2.20 bits per heavy atom. The number of halogens is 2. The molecule has 0 bridgehead atoms. The smallest absolute Gasteiger partial charge is 0.253 e. The average Bonchev–Trinajstić information content (AvgIpc) is 2.67. The topological polar surface area (TPSA) is 20.3 Å². The van der Waals surface area contributed by atoms with Crippen LogP contribution >= 0.6 is 27.5 Å². The predicted octanol–water partition coefficient (Wildman–Crippen LogP) is 6.03. The standard InChI is InChI=1S/C21H23BrClNO/c1-24(21(25)18-6-10-19(23)11-7-18)20-12-8-17(9-13-20)16-4-2-15(14-22)3-5-16/h2-7,10-11,17,20H,8-9,12-14H2,1H3/t17-,20-. The summed E-state index contributed by atoms with van der Waals surface area (Å²) in [7, 11) is 1.92. The Bertz CT molecular complexity index is 706. The molecule has 0 spiro atoms. The second-order valence-corrected chi connectivity index (χ2v) is 7.80. The lowest BCUT2D eigenvalue weighted by atomic mass is 9.81. The molecule has 0 radical (unpaired) electrons. The Morgan fingerprint density at radius 2 is 1.64 bits per heavy atom. The second kappa shape index (κ2) is 8.37. The molecule has 1 fully saturated rings. The molecule has 0 heterocycles. The average molecular weight is 421 g/mol. The zero-order chi connectivity index (χ0) is 17.8. The van der Waals surface area contributed by atoms with Crippen molar-refractivity contribution in [3.8, 4) is 0 Å². The Labute approximate surface area is 163 Å². The van der Waals surface area contributed by atoms with E-state index in [0.717, 1.165) is 31.0 Å². The van der Waals surface area contributed by atoms with Crippen LogP contribution in [0.3, 0.4) is 0 Å². The summed E-state index contributed by atoms with van der Waals surface area (Å²) in [4.78, 5) is 14.6. The number of hydrogen-bond acceptors (Lipinski definition) is 1. The van der Waals surface area contributed by atoms with E-state index in [1.165, 1.54) is 11.1 Å². The first kappa shape index (κ1) is 18.5. The first-order chi connectivity index (χ1) is 12.1. The van der Waals surface area contributed by atoms with E-state index in [4.69, 9.17) is 11.6 Å². The van der Waals surface area contributed by atoms with Crippen molar-refractivity contribution < 1.29 is 4.79 Å². The number of hydrogen-bond donors (Lipinski definition) is 0. The maximum Gasteiger partial charge on any atom is 0.253 e. The third kappa shape index (κ3) is 4.45. The van der Waals surface area contributed by atoms with Gasteiger partial charge in [0.15, 0.2) is 0 Å². The zero-order valence-electron chi connectivity index (χ0n) is 14.4. The summed E-state index contributed by atoms with van der Waals surface area (Å²) in [5.41, 5.74) is 3.44. The summed E-state index contributed by atoms with van der Waals surface area (Å²) < 4.78 is 0. The molecule has 0 saturated heterocycles. The molecule has 1 amide bonds. The van der Waals surface area contributed by atoms with E-state index < -0.39 is 0 Å². The van der Waals surface area contributed by atoms with Crippen molar-refractivity contribution in [3.05, 3.63) is 70.2 Å². The molecule has 2 aromatic carbocycles. The molecule has 2 nitrogen and oxygen atoms in total. The highest BCUT2D eigenvalue weighted by atomic mass is 79.9. The van der Waals surface area contributed by atoms with Crippen LogP contribution in [0.25, 0.3) is 0 Å². The third-order valence-corrected chi connectivity index (χ3v) is 6.16. The number of rotatable bonds is 4. The van der Waals surface area contributed by atoms with Crippen molar-refractivity contribution in [2.24, 2.45) is 0 Å². The fraction of sp³-hybridized carbons (Fsp3) is 0.381. The van der Waals surface area contributed by atoms with Gasteiger partial charge in [0.25, 0.3) is 5.91 Å². The van der Waals surface area contributed by atoms with E-state index in [-0.39, 0.29) is 5.91 Å². The first-order valence-electron chi connectivity index (χ1n) is 8.76. The van der Waals surface area contributed by atoms with Crippen molar-refractivity contribution >= 4 is 33.4 Å². The van der Waals surface area contributed by atoms with Crippen LogP contribution in [-0.4, -0.2) is 23.9 Å². The van der Waals surface area contributed by atoms with E-state index in [2.05, 4.69) is 40.2 Å². The van der Waals surface area contributed by atoms with Gasteiger partial charge in [0.05, 0.1) is 0 Å². The lowest BCUT2D eigenvalue weighted by Gasteiger charge is -2.35. The van der Waals surface area contributed by atoms with Crippen LogP contribution in [0.15, 0.2) is 48.5 Å². The minimum absolute atomic E-state index is 0.0850. The van der Waals surface area contributed by atoms with E-state index in [1.54, 1.807) is 24.3 Å². The Kier molecular flexibility index (Phi) is 6.19. The third-order valence-electron chi connectivity index (χ3n) is 5.26. The Morgan fingerprint density at radius 1 is 1.04 bits per heavy atom. The highest BCUT2D eigenvalue weighted by Gasteiger charge is 2.27. The van der Waals surface area contributed by atoms with Crippen LogP contribution < -0.4 is 0 Å². The van der Waals surface area contributed by atoms with Gasteiger partial charge in [-0.2, -0.15) is 0 Å². The molecule has 1 aliphatic rings. The Balaban J connectivity index is 1.59. The summed E-state index contributed by atoms with van der Waals surface area (Å²) in [6.07, 6.45) is 4.38. The van der Waals surface area contributed by atoms with Gasteiger partial charge in [-0.3, -0.25) is 4.79 Å². The minimum atomic E-state index is 0.0850. The van der Waals surface area contributed by atoms with Crippen molar-refractivity contribution in [1.29, 1.82) is 0 Å². The maximum atomic E-state index is 12.7. The molecule has 0 aliphatic heterocycles. The monoisotopic (exact) mass is 419 g/mol. The molecule has 0 atom stereocenters. The van der Waals surface area contributed by atoms with Gasteiger partial charge in [0.1, 0.15) is 0 Å². The number of nitrogens with zero attached hydrogens (tertiary/aromatic N) is 1. The van der Waals surface area contributed by atoms with E-state index in [0.29, 0.717) is 22.5 Å². The normalized spacial score (nSPS) is 20.3. The lowest BCUT2D eigenvalue weighted by Crippen LogP contribution is -2.39. The fourth-order valence-electron chi connectivity index (χ4n) is 3.64.